The van der Waals surface area contributed by atoms with Crippen molar-refractivity contribution in [2.75, 3.05) is 20.8 Å². The first kappa shape index (κ1) is 17.3. The number of hydrogen-bond acceptors (Lipinski definition) is 3. The van der Waals surface area contributed by atoms with Crippen molar-refractivity contribution in [3.05, 3.63) is 27.9 Å². The van der Waals surface area contributed by atoms with E-state index in [1.165, 1.54) is 21.8 Å². The zero-order valence-electron chi connectivity index (χ0n) is 10.2. The van der Waals surface area contributed by atoms with Crippen LogP contribution in [0, 0.1) is 10.7 Å². The Morgan fingerprint density at radius 3 is 2.28 bits per heavy atom. The number of methoxy groups -OCH3 is 2. The zero-order chi connectivity index (χ0) is 13.7. The van der Waals surface area contributed by atoms with Crippen molar-refractivity contribution >= 4 is 67.8 Å². The Morgan fingerprint density at radius 2 is 1.78 bits per heavy atom. The lowest BCUT2D eigenvalue weighted by molar-refractivity contribution is -0.100. The molecule has 0 aromatic heterocycles. The molecule has 0 spiro atoms. The summed E-state index contributed by atoms with van der Waals surface area (Å²) < 4.78 is 14.1. The molecular formula is C12H15I3O3. The summed E-state index contributed by atoms with van der Waals surface area (Å²) in [4.78, 5) is 0. The van der Waals surface area contributed by atoms with E-state index >= 15 is 0 Å². The second kappa shape index (κ2) is 8.55. The van der Waals surface area contributed by atoms with E-state index in [-0.39, 0.29) is 12.9 Å². The predicted molar refractivity (Wildman–Crippen MR) is 96.9 cm³/mol. The van der Waals surface area contributed by atoms with Gasteiger partial charge in [0.25, 0.3) is 0 Å². The summed E-state index contributed by atoms with van der Waals surface area (Å²) in [6, 6.07) is 2.15. The Morgan fingerprint density at radius 1 is 1.17 bits per heavy atom. The molecule has 0 atom stereocenters. The molecule has 1 N–H and O–H groups in total. The van der Waals surface area contributed by atoms with E-state index in [2.05, 4.69) is 73.8 Å². The van der Waals surface area contributed by atoms with Gasteiger partial charge in [-0.1, -0.05) is 0 Å². The third-order valence-corrected chi connectivity index (χ3v) is 7.02. The molecule has 3 nitrogen and oxygen atoms in total. The summed E-state index contributed by atoms with van der Waals surface area (Å²) in [5.74, 6) is 0. The fourth-order valence-corrected chi connectivity index (χ4v) is 4.65. The second-order valence-corrected chi connectivity index (χ2v) is 7.02. The van der Waals surface area contributed by atoms with Crippen LogP contribution in [-0.4, -0.2) is 32.2 Å². The maximum atomic E-state index is 9.10. The van der Waals surface area contributed by atoms with Crippen LogP contribution in [0.15, 0.2) is 6.07 Å². The van der Waals surface area contributed by atoms with E-state index in [0.717, 1.165) is 6.42 Å². The molecule has 6 heteroatoms. The lowest BCUT2D eigenvalue weighted by Gasteiger charge is -2.17. The van der Waals surface area contributed by atoms with Crippen LogP contribution < -0.4 is 0 Å². The number of ether oxygens (including phenoxy) is 2. The van der Waals surface area contributed by atoms with E-state index in [4.69, 9.17) is 14.6 Å². The first-order valence-electron chi connectivity index (χ1n) is 5.36. The summed E-state index contributed by atoms with van der Waals surface area (Å²) in [5.41, 5.74) is 2.44. The van der Waals surface area contributed by atoms with Crippen molar-refractivity contribution in [1.82, 2.24) is 0 Å². The summed E-state index contributed by atoms with van der Waals surface area (Å²) in [5, 5.41) is 9.10. The van der Waals surface area contributed by atoms with E-state index in [0.29, 0.717) is 6.42 Å². The molecule has 0 aliphatic carbocycles. The molecule has 0 saturated carbocycles. The molecule has 0 unspecified atom stereocenters. The summed E-state index contributed by atoms with van der Waals surface area (Å²) in [6.07, 6.45) is 1.22. The van der Waals surface area contributed by atoms with Gasteiger partial charge in [0.05, 0.1) is 0 Å². The van der Waals surface area contributed by atoms with Gasteiger partial charge in [0, 0.05) is 38.0 Å². The molecule has 1 aromatic carbocycles. The standard InChI is InChI=1S/C12H15I3O3/c1-17-10(18-2)6-7-5-9(13)8(3-4-16)12(15)11(7)14/h5,10,16H,3-4,6H2,1-2H3. The van der Waals surface area contributed by atoms with Crippen molar-refractivity contribution < 1.29 is 14.6 Å². The van der Waals surface area contributed by atoms with Crippen LogP contribution >= 0.6 is 67.8 Å². The van der Waals surface area contributed by atoms with Crippen LogP contribution in [-0.2, 0) is 22.3 Å². The number of benzene rings is 1. The fourth-order valence-electron chi connectivity index (χ4n) is 1.61. The van der Waals surface area contributed by atoms with Crippen LogP contribution in [0.25, 0.3) is 0 Å². The SMILES string of the molecule is COC(Cc1cc(I)c(CCO)c(I)c1I)OC. The van der Waals surface area contributed by atoms with Crippen molar-refractivity contribution in [2.24, 2.45) is 0 Å². The Labute approximate surface area is 148 Å². The highest BCUT2D eigenvalue weighted by Crippen LogP contribution is 2.29. The highest BCUT2D eigenvalue weighted by molar-refractivity contribution is 14.1. The van der Waals surface area contributed by atoms with Gasteiger partial charge in [0.2, 0.25) is 0 Å². The highest BCUT2D eigenvalue weighted by atomic mass is 127. The molecule has 0 aliphatic rings. The van der Waals surface area contributed by atoms with Crippen molar-refractivity contribution in [1.29, 1.82) is 0 Å². The molecule has 0 radical (unpaired) electrons. The number of aliphatic hydroxyl groups is 1. The van der Waals surface area contributed by atoms with Gasteiger partial charge in [-0.3, -0.25) is 0 Å². The second-order valence-electron chi connectivity index (χ2n) is 3.70. The molecule has 1 aromatic rings. The van der Waals surface area contributed by atoms with Crippen molar-refractivity contribution in [3.63, 3.8) is 0 Å². The molecular weight excluding hydrogens is 573 g/mol. The Bertz CT molecular complexity index is 406. The minimum atomic E-state index is -0.214. The Hall–Kier alpha value is 1.29. The van der Waals surface area contributed by atoms with E-state index in [1.807, 2.05) is 0 Å². The van der Waals surface area contributed by atoms with E-state index < -0.39 is 0 Å². The molecule has 0 aliphatic heterocycles. The van der Waals surface area contributed by atoms with Crippen molar-refractivity contribution in [3.8, 4) is 0 Å². The lowest BCUT2D eigenvalue weighted by atomic mass is 10.1. The molecule has 0 fully saturated rings. The van der Waals surface area contributed by atoms with Crippen LogP contribution in [0.3, 0.4) is 0 Å². The first-order chi connectivity index (χ1) is 8.54. The summed E-state index contributed by atoms with van der Waals surface area (Å²) in [7, 11) is 3.30. The molecule has 0 bridgehead atoms. The Kier molecular flexibility index (Phi) is 8.24. The average molecular weight is 588 g/mol. The van der Waals surface area contributed by atoms with Crippen LogP contribution in [0.4, 0.5) is 0 Å². The quantitative estimate of drug-likeness (QED) is 0.316. The van der Waals surface area contributed by atoms with Gasteiger partial charge in [0.1, 0.15) is 0 Å². The molecule has 0 amide bonds. The smallest absolute Gasteiger partial charge is 0.160 e. The zero-order valence-corrected chi connectivity index (χ0v) is 16.6. The maximum absolute atomic E-state index is 9.10. The summed E-state index contributed by atoms with van der Waals surface area (Å²) in [6.45, 7) is 0.181. The van der Waals surface area contributed by atoms with Gasteiger partial charge >= 0.3 is 0 Å². The minimum Gasteiger partial charge on any atom is -0.396 e. The normalized spacial score (nSPS) is 11.3. The summed E-state index contributed by atoms with van der Waals surface area (Å²) >= 11 is 7.02. The molecule has 102 valence electrons. The van der Waals surface area contributed by atoms with Gasteiger partial charge in [-0.25, -0.2) is 0 Å². The van der Waals surface area contributed by atoms with Gasteiger partial charge in [-0.15, -0.1) is 0 Å². The van der Waals surface area contributed by atoms with Gasteiger partial charge in [0.15, 0.2) is 6.29 Å². The molecule has 1 rings (SSSR count). The van der Waals surface area contributed by atoms with E-state index in [1.54, 1.807) is 14.2 Å². The first-order valence-corrected chi connectivity index (χ1v) is 8.60. The fraction of sp³-hybridized carbons (Fsp3) is 0.500. The van der Waals surface area contributed by atoms with Crippen LogP contribution in [0.5, 0.6) is 0 Å². The topological polar surface area (TPSA) is 38.7 Å². The maximum Gasteiger partial charge on any atom is 0.160 e. The van der Waals surface area contributed by atoms with Gasteiger partial charge < -0.3 is 14.6 Å². The molecule has 0 heterocycles. The Balaban J connectivity index is 3.08. The molecule has 0 saturated heterocycles. The van der Waals surface area contributed by atoms with Crippen molar-refractivity contribution in [2.45, 2.75) is 19.1 Å². The van der Waals surface area contributed by atoms with E-state index in [9.17, 15) is 0 Å². The van der Waals surface area contributed by atoms with Crippen LogP contribution in [0.2, 0.25) is 0 Å². The number of hydrogen-bond donors (Lipinski definition) is 1. The highest BCUT2D eigenvalue weighted by Gasteiger charge is 2.16. The number of aliphatic hydroxyl groups excluding tert-OH is 1. The predicted octanol–water partition coefficient (Wildman–Crippen LogP) is 3.20. The largest absolute Gasteiger partial charge is 0.396 e. The number of halogens is 3. The number of rotatable bonds is 6. The van der Waals surface area contributed by atoms with Gasteiger partial charge in [-0.2, -0.15) is 0 Å². The minimum absolute atomic E-state index is 0.181. The monoisotopic (exact) mass is 588 g/mol. The third kappa shape index (κ3) is 4.40. The third-order valence-electron chi connectivity index (χ3n) is 2.60. The lowest BCUT2D eigenvalue weighted by Crippen LogP contribution is -2.17. The average Bonchev–Trinajstić information content (AvgIpc) is 2.37. The molecule has 18 heavy (non-hydrogen) atoms. The van der Waals surface area contributed by atoms with Crippen LogP contribution in [0.1, 0.15) is 11.1 Å². The van der Waals surface area contributed by atoms with Gasteiger partial charge in [-0.05, 0) is 91.4 Å².